The first-order valence-electron chi connectivity index (χ1n) is 11.0. The van der Waals surface area contributed by atoms with Crippen molar-refractivity contribution in [2.45, 2.75) is 39.5 Å². The Bertz CT molecular complexity index is 1020. The molecule has 1 heterocycles. The summed E-state index contributed by atoms with van der Waals surface area (Å²) in [5.74, 6) is 1.59. The fraction of sp³-hybridized carbons (Fsp3) is 0.480. The van der Waals surface area contributed by atoms with Crippen molar-refractivity contribution in [2.75, 3.05) is 41.0 Å². The van der Waals surface area contributed by atoms with E-state index in [-0.39, 0.29) is 18.2 Å². The zero-order valence-electron chi connectivity index (χ0n) is 20.2. The van der Waals surface area contributed by atoms with Crippen molar-refractivity contribution in [3.63, 3.8) is 0 Å². The van der Waals surface area contributed by atoms with Crippen LogP contribution >= 0.6 is 0 Å². The van der Waals surface area contributed by atoms with Crippen molar-refractivity contribution >= 4 is 5.91 Å². The van der Waals surface area contributed by atoms with Gasteiger partial charge in [-0.1, -0.05) is 12.1 Å². The number of amides is 1. The molecule has 1 amide bonds. The first-order valence-corrected chi connectivity index (χ1v) is 11.0. The third-order valence-corrected chi connectivity index (χ3v) is 5.83. The van der Waals surface area contributed by atoms with Crippen molar-refractivity contribution in [3.8, 4) is 17.2 Å². The molecule has 186 valence electrons. The summed E-state index contributed by atoms with van der Waals surface area (Å²) in [5.41, 5.74) is 4.37. The van der Waals surface area contributed by atoms with Gasteiger partial charge in [0.25, 0.3) is 0 Å². The van der Waals surface area contributed by atoms with E-state index in [2.05, 4.69) is 0 Å². The van der Waals surface area contributed by atoms with Crippen LogP contribution in [0.1, 0.15) is 27.8 Å². The quantitative estimate of drug-likeness (QED) is 0.565. The second-order valence-electron chi connectivity index (χ2n) is 8.68. The molecule has 3 rings (SSSR count). The van der Waals surface area contributed by atoms with Gasteiger partial charge in [-0.3, -0.25) is 9.69 Å². The molecule has 0 spiro atoms. The lowest BCUT2D eigenvalue weighted by Gasteiger charge is -2.31. The Labute approximate surface area is 198 Å². The Kier molecular flexibility index (Phi) is 7.97. The van der Waals surface area contributed by atoms with Crippen LogP contribution in [-0.2, 0) is 24.3 Å². The summed E-state index contributed by atoms with van der Waals surface area (Å²) in [5, 5.41) is 0. The van der Waals surface area contributed by atoms with Gasteiger partial charge in [0.2, 0.25) is 5.91 Å². The number of likely N-dealkylation sites (N-methyl/N-ethyl adjacent to an activating group) is 1. The second kappa shape index (κ2) is 10.5. The molecule has 2 aromatic rings. The van der Waals surface area contributed by atoms with Crippen LogP contribution in [0.25, 0.3) is 0 Å². The zero-order chi connectivity index (χ0) is 25.0. The molecule has 9 heteroatoms. The van der Waals surface area contributed by atoms with Crippen LogP contribution in [0, 0.1) is 13.8 Å². The SMILES string of the molecule is COc1cc2c(cc1OC)CN(C(=O)CN(C)Cc1cc(C)c(OCC(F)(F)F)c(C)c1)CC2. The molecule has 0 unspecified atom stereocenters. The standard InChI is InChI=1S/C25H31F3N2O4/c1-16-8-18(9-17(2)24(16)34-15-25(26,27)28)12-29(3)14-23(31)30-7-6-19-10-21(32-4)22(33-5)11-20(19)13-30/h8-11H,6-7,12-15H2,1-5H3. The third kappa shape index (κ3) is 6.34. The molecule has 34 heavy (non-hydrogen) atoms. The molecule has 0 radical (unpaired) electrons. The zero-order valence-corrected chi connectivity index (χ0v) is 20.2. The Morgan fingerprint density at radius 2 is 1.62 bits per heavy atom. The van der Waals surface area contributed by atoms with Gasteiger partial charge < -0.3 is 19.1 Å². The number of ether oxygens (including phenoxy) is 3. The van der Waals surface area contributed by atoms with Crippen LogP contribution < -0.4 is 14.2 Å². The summed E-state index contributed by atoms with van der Waals surface area (Å²) in [6.07, 6.45) is -3.65. The van der Waals surface area contributed by atoms with Gasteiger partial charge >= 0.3 is 6.18 Å². The van der Waals surface area contributed by atoms with E-state index in [9.17, 15) is 18.0 Å². The summed E-state index contributed by atoms with van der Waals surface area (Å²) in [6, 6.07) is 7.49. The maximum absolute atomic E-state index is 13.0. The van der Waals surface area contributed by atoms with Crippen LogP contribution in [0.15, 0.2) is 24.3 Å². The predicted octanol–water partition coefficient (Wildman–Crippen LogP) is 4.28. The average molecular weight is 481 g/mol. The molecule has 0 aliphatic carbocycles. The highest BCUT2D eigenvalue weighted by atomic mass is 19.4. The van der Waals surface area contributed by atoms with Crippen LogP contribution in [0.4, 0.5) is 13.2 Å². The number of hydrogen-bond donors (Lipinski definition) is 0. The van der Waals surface area contributed by atoms with E-state index in [4.69, 9.17) is 14.2 Å². The van der Waals surface area contributed by atoms with Gasteiger partial charge in [0.05, 0.1) is 20.8 Å². The normalized spacial score (nSPS) is 13.6. The molecule has 0 atom stereocenters. The summed E-state index contributed by atoms with van der Waals surface area (Å²) in [7, 11) is 5.04. The summed E-state index contributed by atoms with van der Waals surface area (Å²) >= 11 is 0. The number of fused-ring (bicyclic) bond motifs is 1. The molecule has 2 aromatic carbocycles. The van der Waals surface area contributed by atoms with Crippen molar-refractivity contribution in [1.82, 2.24) is 9.80 Å². The number of carbonyl (C=O) groups excluding carboxylic acids is 1. The number of methoxy groups -OCH3 is 2. The highest BCUT2D eigenvalue weighted by Gasteiger charge is 2.29. The molecule has 0 aromatic heterocycles. The Morgan fingerprint density at radius 3 is 2.18 bits per heavy atom. The minimum absolute atomic E-state index is 0.0153. The van der Waals surface area contributed by atoms with Crippen molar-refractivity contribution in [1.29, 1.82) is 0 Å². The van der Waals surface area contributed by atoms with E-state index in [1.54, 1.807) is 40.2 Å². The van der Waals surface area contributed by atoms with Crippen LogP contribution in [0.2, 0.25) is 0 Å². The topological polar surface area (TPSA) is 51.2 Å². The molecular weight excluding hydrogens is 449 g/mol. The van der Waals surface area contributed by atoms with Crippen LogP contribution in [0.5, 0.6) is 17.2 Å². The number of alkyl halides is 3. The Hall–Kier alpha value is -2.94. The van der Waals surface area contributed by atoms with Gasteiger partial charge in [0.15, 0.2) is 18.1 Å². The summed E-state index contributed by atoms with van der Waals surface area (Å²) < 4.78 is 53.3. The summed E-state index contributed by atoms with van der Waals surface area (Å²) in [4.78, 5) is 16.7. The molecule has 0 fully saturated rings. The van der Waals surface area contributed by atoms with E-state index in [0.29, 0.717) is 42.3 Å². The van der Waals surface area contributed by atoms with Gasteiger partial charge in [-0.2, -0.15) is 13.2 Å². The largest absolute Gasteiger partial charge is 0.493 e. The Balaban J connectivity index is 1.61. The molecule has 0 saturated carbocycles. The average Bonchev–Trinajstić information content (AvgIpc) is 2.76. The highest BCUT2D eigenvalue weighted by Crippen LogP contribution is 2.33. The first kappa shape index (κ1) is 25.7. The van der Waals surface area contributed by atoms with Gasteiger partial charge in [-0.15, -0.1) is 0 Å². The van der Waals surface area contributed by atoms with E-state index in [1.165, 1.54) is 0 Å². The lowest BCUT2D eigenvalue weighted by molar-refractivity contribution is -0.153. The van der Waals surface area contributed by atoms with Gasteiger partial charge in [0, 0.05) is 19.6 Å². The van der Waals surface area contributed by atoms with Gasteiger partial charge in [-0.05, 0) is 67.3 Å². The lowest BCUT2D eigenvalue weighted by Crippen LogP contribution is -2.41. The van der Waals surface area contributed by atoms with Gasteiger partial charge in [-0.25, -0.2) is 0 Å². The molecular formula is C25H31F3N2O4. The fourth-order valence-electron chi connectivity index (χ4n) is 4.31. The second-order valence-corrected chi connectivity index (χ2v) is 8.68. The van der Waals surface area contributed by atoms with Crippen molar-refractivity contribution in [2.24, 2.45) is 0 Å². The van der Waals surface area contributed by atoms with E-state index < -0.39 is 12.8 Å². The number of benzene rings is 2. The third-order valence-electron chi connectivity index (χ3n) is 5.83. The minimum atomic E-state index is -4.38. The smallest absolute Gasteiger partial charge is 0.422 e. The Morgan fingerprint density at radius 1 is 1.03 bits per heavy atom. The number of halogens is 3. The highest BCUT2D eigenvalue weighted by molar-refractivity contribution is 5.78. The molecule has 0 bridgehead atoms. The number of rotatable bonds is 8. The monoisotopic (exact) mass is 480 g/mol. The lowest BCUT2D eigenvalue weighted by atomic mass is 9.98. The predicted molar refractivity (Wildman–Crippen MR) is 122 cm³/mol. The number of aryl methyl sites for hydroxylation is 2. The molecule has 1 aliphatic heterocycles. The van der Waals surface area contributed by atoms with E-state index in [1.807, 2.05) is 29.0 Å². The maximum Gasteiger partial charge on any atom is 0.422 e. The van der Waals surface area contributed by atoms with Crippen molar-refractivity contribution < 1.29 is 32.2 Å². The fourth-order valence-corrected chi connectivity index (χ4v) is 4.31. The number of carbonyl (C=O) groups is 1. The van der Waals surface area contributed by atoms with Gasteiger partial charge in [0.1, 0.15) is 5.75 Å². The number of nitrogens with zero attached hydrogens (tertiary/aromatic N) is 2. The van der Waals surface area contributed by atoms with E-state index in [0.717, 1.165) is 23.1 Å². The molecule has 6 nitrogen and oxygen atoms in total. The van der Waals surface area contributed by atoms with Crippen LogP contribution in [0.3, 0.4) is 0 Å². The summed E-state index contributed by atoms with van der Waals surface area (Å²) in [6.45, 7) is 3.98. The molecule has 1 aliphatic rings. The molecule has 0 saturated heterocycles. The first-order chi connectivity index (χ1) is 16.0. The van der Waals surface area contributed by atoms with E-state index >= 15 is 0 Å². The molecule has 0 N–H and O–H groups in total. The maximum atomic E-state index is 13.0. The number of hydrogen-bond acceptors (Lipinski definition) is 5. The van der Waals surface area contributed by atoms with Crippen LogP contribution in [-0.4, -0.2) is 62.8 Å². The minimum Gasteiger partial charge on any atom is -0.493 e. The van der Waals surface area contributed by atoms with Crippen molar-refractivity contribution in [3.05, 3.63) is 52.1 Å².